The summed E-state index contributed by atoms with van der Waals surface area (Å²) in [7, 11) is -3.71. The van der Waals surface area contributed by atoms with Crippen molar-refractivity contribution >= 4 is 56.4 Å². The van der Waals surface area contributed by atoms with Crippen molar-refractivity contribution in [1.29, 1.82) is 0 Å². The van der Waals surface area contributed by atoms with Crippen molar-refractivity contribution in [2.75, 3.05) is 17.1 Å². The van der Waals surface area contributed by atoms with Crippen molar-refractivity contribution < 1.29 is 13.2 Å². The first-order valence-electron chi connectivity index (χ1n) is 7.11. The van der Waals surface area contributed by atoms with Gasteiger partial charge in [0.25, 0.3) is 0 Å². The standard InChI is InChI=1S/C16H15Cl3N2O3S/c1-25(23,24)21(15-7-6-13(18)8-14(15)19)10-16(22)20-9-11-2-4-12(17)5-3-11/h2-8H,9-10H2,1H3,(H,20,22). The van der Waals surface area contributed by atoms with E-state index in [0.29, 0.717) is 10.0 Å². The van der Waals surface area contributed by atoms with Crippen LogP contribution in [0.2, 0.25) is 15.1 Å². The third kappa shape index (κ3) is 5.78. The largest absolute Gasteiger partial charge is 0.350 e. The quantitative estimate of drug-likeness (QED) is 0.773. The number of anilines is 1. The Morgan fingerprint density at radius 2 is 1.64 bits per heavy atom. The molecule has 0 spiro atoms. The fourth-order valence-corrected chi connectivity index (χ4v) is 3.61. The molecule has 0 radical (unpaired) electrons. The van der Waals surface area contributed by atoms with Gasteiger partial charge < -0.3 is 5.32 Å². The van der Waals surface area contributed by atoms with Gasteiger partial charge in [0.05, 0.1) is 17.0 Å². The zero-order valence-electron chi connectivity index (χ0n) is 13.2. The second-order valence-corrected chi connectivity index (χ2v) is 8.46. The van der Waals surface area contributed by atoms with Crippen LogP contribution >= 0.6 is 34.8 Å². The Balaban J connectivity index is 2.11. The number of nitrogens with one attached hydrogen (secondary N) is 1. The molecule has 0 aliphatic heterocycles. The highest BCUT2D eigenvalue weighted by Gasteiger charge is 2.23. The summed E-state index contributed by atoms with van der Waals surface area (Å²) >= 11 is 17.7. The van der Waals surface area contributed by atoms with E-state index in [1.54, 1.807) is 24.3 Å². The van der Waals surface area contributed by atoms with Crippen molar-refractivity contribution in [2.45, 2.75) is 6.54 Å². The molecule has 0 saturated heterocycles. The summed E-state index contributed by atoms with van der Waals surface area (Å²) < 4.78 is 25.0. The average Bonchev–Trinajstić information content (AvgIpc) is 2.52. The van der Waals surface area contributed by atoms with E-state index < -0.39 is 22.5 Å². The van der Waals surface area contributed by atoms with Gasteiger partial charge in [-0.25, -0.2) is 8.42 Å². The van der Waals surface area contributed by atoms with Crippen LogP contribution in [0.25, 0.3) is 0 Å². The highest BCUT2D eigenvalue weighted by atomic mass is 35.5. The Kier molecular flexibility index (Phi) is 6.57. The fourth-order valence-electron chi connectivity index (χ4n) is 2.05. The lowest BCUT2D eigenvalue weighted by molar-refractivity contribution is -0.119. The maximum Gasteiger partial charge on any atom is 0.241 e. The zero-order chi connectivity index (χ0) is 18.6. The molecule has 2 aromatic rings. The molecule has 0 saturated carbocycles. The summed E-state index contributed by atoms with van der Waals surface area (Å²) in [5.41, 5.74) is 1.03. The molecule has 0 heterocycles. The summed E-state index contributed by atoms with van der Waals surface area (Å²) in [6.45, 7) is -0.143. The van der Waals surface area contributed by atoms with Gasteiger partial charge in [0.2, 0.25) is 15.9 Å². The van der Waals surface area contributed by atoms with Gasteiger partial charge in [-0.3, -0.25) is 9.10 Å². The number of carbonyl (C=O) groups excluding carboxylic acids is 1. The molecule has 1 N–H and O–H groups in total. The monoisotopic (exact) mass is 420 g/mol. The number of nitrogens with zero attached hydrogens (tertiary/aromatic N) is 1. The van der Waals surface area contributed by atoms with Crippen molar-refractivity contribution in [3.63, 3.8) is 0 Å². The first kappa shape index (κ1) is 19.8. The molecular weight excluding hydrogens is 407 g/mol. The maximum atomic E-state index is 12.2. The molecule has 9 heteroatoms. The van der Waals surface area contributed by atoms with Gasteiger partial charge in [-0.15, -0.1) is 0 Å². The first-order valence-corrected chi connectivity index (χ1v) is 10.1. The van der Waals surface area contributed by atoms with Gasteiger partial charge in [-0.1, -0.05) is 46.9 Å². The zero-order valence-corrected chi connectivity index (χ0v) is 16.3. The topological polar surface area (TPSA) is 66.5 Å². The molecule has 0 aliphatic rings. The minimum Gasteiger partial charge on any atom is -0.350 e. The van der Waals surface area contributed by atoms with Crippen LogP contribution in [0.1, 0.15) is 5.56 Å². The second-order valence-electron chi connectivity index (χ2n) is 5.27. The van der Waals surface area contributed by atoms with Gasteiger partial charge in [-0.05, 0) is 35.9 Å². The van der Waals surface area contributed by atoms with Gasteiger partial charge >= 0.3 is 0 Å². The summed E-state index contributed by atoms with van der Waals surface area (Å²) in [6, 6.07) is 11.3. The summed E-state index contributed by atoms with van der Waals surface area (Å²) in [6.07, 6.45) is 1.00. The van der Waals surface area contributed by atoms with Crippen molar-refractivity contribution in [3.8, 4) is 0 Å². The molecule has 0 fully saturated rings. The highest BCUT2D eigenvalue weighted by Crippen LogP contribution is 2.30. The fraction of sp³-hybridized carbons (Fsp3) is 0.188. The number of halogens is 3. The van der Waals surface area contributed by atoms with E-state index in [9.17, 15) is 13.2 Å². The van der Waals surface area contributed by atoms with Crippen LogP contribution in [-0.2, 0) is 21.4 Å². The predicted molar refractivity (Wildman–Crippen MR) is 102 cm³/mol. The number of rotatable bonds is 6. The van der Waals surface area contributed by atoms with Crippen molar-refractivity contribution in [2.24, 2.45) is 0 Å². The normalized spacial score (nSPS) is 11.2. The number of hydrogen-bond donors (Lipinski definition) is 1. The summed E-state index contributed by atoms with van der Waals surface area (Å²) in [4.78, 5) is 12.2. The van der Waals surface area contributed by atoms with Gasteiger partial charge in [0.15, 0.2) is 0 Å². The van der Waals surface area contributed by atoms with Crippen LogP contribution < -0.4 is 9.62 Å². The number of sulfonamides is 1. The lowest BCUT2D eigenvalue weighted by Gasteiger charge is -2.23. The van der Waals surface area contributed by atoms with Crippen LogP contribution in [0.3, 0.4) is 0 Å². The average molecular weight is 422 g/mol. The molecule has 2 aromatic carbocycles. The van der Waals surface area contributed by atoms with Crippen LogP contribution in [0.4, 0.5) is 5.69 Å². The molecule has 0 bridgehead atoms. The molecule has 0 aromatic heterocycles. The SMILES string of the molecule is CS(=O)(=O)N(CC(=O)NCc1ccc(Cl)cc1)c1ccc(Cl)cc1Cl. The van der Waals surface area contributed by atoms with Gasteiger partial charge in [-0.2, -0.15) is 0 Å². The molecule has 0 unspecified atom stereocenters. The van der Waals surface area contributed by atoms with Crippen LogP contribution in [0, 0.1) is 0 Å². The van der Waals surface area contributed by atoms with E-state index in [4.69, 9.17) is 34.8 Å². The Bertz CT molecular complexity index is 871. The number of benzene rings is 2. The third-order valence-corrected chi connectivity index (χ3v) is 5.19. The lowest BCUT2D eigenvalue weighted by atomic mass is 10.2. The number of amides is 1. The van der Waals surface area contributed by atoms with E-state index in [1.807, 2.05) is 0 Å². The molecule has 134 valence electrons. The van der Waals surface area contributed by atoms with E-state index in [2.05, 4.69) is 5.32 Å². The minimum absolute atomic E-state index is 0.142. The van der Waals surface area contributed by atoms with E-state index >= 15 is 0 Å². The van der Waals surface area contributed by atoms with Crippen LogP contribution in [0.15, 0.2) is 42.5 Å². The molecular formula is C16H15Cl3N2O3S. The Morgan fingerprint density at radius 1 is 1.04 bits per heavy atom. The van der Waals surface area contributed by atoms with E-state index in [1.165, 1.54) is 18.2 Å². The van der Waals surface area contributed by atoms with Gasteiger partial charge in [0.1, 0.15) is 6.54 Å². The molecule has 2 rings (SSSR count). The third-order valence-electron chi connectivity index (χ3n) is 3.27. The Hall–Kier alpha value is -1.47. The molecule has 0 atom stereocenters. The van der Waals surface area contributed by atoms with Crippen LogP contribution in [-0.4, -0.2) is 27.1 Å². The van der Waals surface area contributed by atoms with Crippen LogP contribution in [0.5, 0.6) is 0 Å². The predicted octanol–water partition coefficient (Wildman–Crippen LogP) is 3.73. The Morgan fingerprint density at radius 3 is 2.20 bits per heavy atom. The van der Waals surface area contributed by atoms with Gasteiger partial charge in [0, 0.05) is 16.6 Å². The maximum absolute atomic E-state index is 12.2. The molecule has 25 heavy (non-hydrogen) atoms. The Labute approximate surface area is 161 Å². The second kappa shape index (κ2) is 8.27. The first-order chi connectivity index (χ1) is 11.7. The molecule has 5 nitrogen and oxygen atoms in total. The molecule has 1 amide bonds. The number of hydrogen-bond acceptors (Lipinski definition) is 3. The van der Waals surface area contributed by atoms with E-state index in [0.717, 1.165) is 16.1 Å². The van der Waals surface area contributed by atoms with Crippen molar-refractivity contribution in [3.05, 3.63) is 63.1 Å². The van der Waals surface area contributed by atoms with E-state index in [-0.39, 0.29) is 17.3 Å². The molecule has 0 aliphatic carbocycles. The highest BCUT2D eigenvalue weighted by molar-refractivity contribution is 7.92. The smallest absolute Gasteiger partial charge is 0.241 e. The minimum atomic E-state index is -3.71. The summed E-state index contributed by atoms with van der Waals surface area (Å²) in [5.74, 6) is -0.466. The van der Waals surface area contributed by atoms with Crippen molar-refractivity contribution in [1.82, 2.24) is 5.32 Å². The number of carbonyl (C=O) groups is 1. The summed E-state index contributed by atoms with van der Waals surface area (Å²) in [5, 5.41) is 3.77. The lowest BCUT2D eigenvalue weighted by Crippen LogP contribution is -2.40.